The summed E-state index contributed by atoms with van der Waals surface area (Å²) >= 11 is 0. The van der Waals surface area contributed by atoms with Gasteiger partial charge in [-0.2, -0.15) is 47.9 Å². The Morgan fingerprint density at radius 2 is 1.47 bits per heavy atom. The number of nitrogens with zero attached hydrogens (tertiary/aromatic N) is 1. The van der Waals surface area contributed by atoms with Gasteiger partial charge in [-0.15, -0.1) is 10.3 Å². The van der Waals surface area contributed by atoms with Crippen LogP contribution in [0.4, 0.5) is 45.2 Å². The second-order valence-electron chi connectivity index (χ2n) is 6.19. The Labute approximate surface area is 164 Å². The minimum atomic E-state index is -7.40. The molecule has 0 saturated carbocycles. The standard InChI is InChI=1S/C13H12F9NO5S2/c1-29(2,7-8-4-3-5-9(6-8)23(24)25)28-30(26,27)13(21,22)11(16,17)10(14,15)12(18,19)20/h3-6H,7H2,1-2H3. The summed E-state index contributed by atoms with van der Waals surface area (Å²) in [6.45, 7) is 0. The fraction of sp³-hybridized carbons (Fsp3) is 0.538. The Hall–Kier alpha value is -1.75. The van der Waals surface area contributed by atoms with Gasteiger partial charge < -0.3 is 0 Å². The molecule has 0 aliphatic heterocycles. The van der Waals surface area contributed by atoms with Crippen molar-refractivity contribution < 1.29 is 56.5 Å². The quantitative estimate of drug-likeness (QED) is 0.291. The molecule has 0 N–H and O–H groups in total. The topological polar surface area (TPSA) is 86.5 Å². The Balaban J connectivity index is 3.27. The van der Waals surface area contributed by atoms with Gasteiger partial charge in [-0.05, 0) is 18.1 Å². The van der Waals surface area contributed by atoms with Gasteiger partial charge in [0.05, 0.1) is 4.92 Å². The van der Waals surface area contributed by atoms with Gasteiger partial charge in [0.15, 0.2) is 0 Å². The van der Waals surface area contributed by atoms with Crippen molar-refractivity contribution >= 4 is 26.1 Å². The van der Waals surface area contributed by atoms with Crippen molar-refractivity contribution in [2.75, 3.05) is 12.5 Å². The molecule has 0 fully saturated rings. The number of nitro benzene ring substituents is 1. The van der Waals surface area contributed by atoms with Crippen LogP contribution in [0.1, 0.15) is 5.56 Å². The summed E-state index contributed by atoms with van der Waals surface area (Å²) < 4.78 is 144. The van der Waals surface area contributed by atoms with Gasteiger partial charge in [0, 0.05) is 17.9 Å². The van der Waals surface area contributed by atoms with Gasteiger partial charge >= 0.3 is 33.4 Å². The number of hydrogen-bond donors (Lipinski definition) is 0. The molecular weight excluding hydrogens is 485 g/mol. The predicted octanol–water partition coefficient (Wildman–Crippen LogP) is 4.85. The van der Waals surface area contributed by atoms with Crippen LogP contribution < -0.4 is 0 Å². The van der Waals surface area contributed by atoms with Gasteiger partial charge in [0.2, 0.25) is 0 Å². The molecule has 30 heavy (non-hydrogen) atoms. The van der Waals surface area contributed by atoms with Gasteiger partial charge in [-0.25, -0.2) is 3.63 Å². The molecule has 0 saturated heterocycles. The lowest BCUT2D eigenvalue weighted by Gasteiger charge is -2.36. The van der Waals surface area contributed by atoms with Crippen LogP contribution in [0.5, 0.6) is 0 Å². The first kappa shape index (κ1) is 26.3. The first-order valence-electron chi connectivity index (χ1n) is 7.19. The summed E-state index contributed by atoms with van der Waals surface area (Å²) in [7, 11) is -10.4. The molecule has 0 unspecified atom stereocenters. The van der Waals surface area contributed by atoms with Crippen molar-refractivity contribution in [2.45, 2.75) is 29.0 Å². The van der Waals surface area contributed by atoms with Gasteiger partial charge in [0.25, 0.3) is 5.69 Å². The minimum Gasteiger partial charge on any atom is -0.258 e. The van der Waals surface area contributed by atoms with Crippen molar-refractivity contribution in [3.63, 3.8) is 0 Å². The Morgan fingerprint density at radius 3 is 1.90 bits per heavy atom. The zero-order valence-corrected chi connectivity index (χ0v) is 16.4. The second-order valence-corrected chi connectivity index (χ2v) is 11.3. The van der Waals surface area contributed by atoms with Crippen molar-refractivity contribution in [1.29, 1.82) is 0 Å². The Morgan fingerprint density at radius 1 is 0.967 bits per heavy atom. The molecule has 0 heterocycles. The molecule has 0 atom stereocenters. The number of nitro groups is 1. The van der Waals surface area contributed by atoms with E-state index in [2.05, 4.69) is 3.63 Å². The van der Waals surface area contributed by atoms with Crippen LogP contribution in [-0.4, -0.2) is 49.1 Å². The maximum Gasteiger partial charge on any atom is 0.460 e. The first-order valence-corrected chi connectivity index (χ1v) is 11.1. The van der Waals surface area contributed by atoms with Gasteiger partial charge in [0.1, 0.15) is 0 Å². The number of hydrogen-bond acceptors (Lipinski definition) is 5. The summed E-state index contributed by atoms with van der Waals surface area (Å²) in [5.74, 6) is -15.5. The SMILES string of the molecule is CS(C)(Cc1cccc([N+](=O)[O-])c1)OS(=O)(=O)C(F)(F)C(F)(F)C(F)(F)C(F)(F)F. The van der Waals surface area contributed by atoms with Gasteiger partial charge in [-0.3, -0.25) is 10.1 Å². The van der Waals surface area contributed by atoms with E-state index in [1.54, 1.807) is 0 Å². The van der Waals surface area contributed by atoms with E-state index in [1.807, 2.05) is 0 Å². The van der Waals surface area contributed by atoms with Crippen molar-refractivity contribution in [2.24, 2.45) is 0 Å². The third kappa shape index (κ3) is 4.77. The van der Waals surface area contributed by atoms with E-state index in [0.717, 1.165) is 36.8 Å². The molecule has 174 valence electrons. The monoisotopic (exact) mass is 497 g/mol. The molecule has 1 rings (SSSR count). The fourth-order valence-electron chi connectivity index (χ4n) is 1.99. The van der Waals surface area contributed by atoms with Crippen LogP contribution in [0, 0.1) is 10.1 Å². The second kappa shape index (κ2) is 7.74. The molecule has 17 heteroatoms. The molecule has 0 amide bonds. The number of non-ortho nitro benzene ring substituents is 1. The zero-order valence-electron chi connectivity index (χ0n) is 14.7. The zero-order chi connectivity index (χ0) is 24.0. The van der Waals surface area contributed by atoms with E-state index in [1.165, 1.54) is 0 Å². The maximum atomic E-state index is 13.7. The highest BCUT2D eigenvalue weighted by Crippen LogP contribution is 2.57. The van der Waals surface area contributed by atoms with E-state index in [4.69, 9.17) is 0 Å². The molecule has 1 aromatic rings. The minimum absolute atomic E-state index is 0.0740. The third-order valence-corrected chi connectivity index (χ3v) is 7.44. The van der Waals surface area contributed by atoms with Crippen LogP contribution in [0.2, 0.25) is 0 Å². The molecule has 1 aromatic carbocycles. The fourth-order valence-corrected chi connectivity index (χ4v) is 5.89. The van der Waals surface area contributed by atoms with E-state index in [9.17, 15) is 58.0 Å². The Kier molecular flexibility index (Phi) is 6.78. The molecule has 0 aliphatic carbocycles. The number of alkyl halides is 9. The van der Waals surface area contributed by atoms with Crippen molar-refractivity contribution in [3.8, 4) is 0 Å². The lowest BCUT2D eigenvalue weighted by molar-refractivity contribution is -0.384. The normalized spacial score (nSPS) is 15.2. The van der Waals surface area contributed by atoms with Crippen molar-refractivity contribution in [1.82, 2.24) is 0 Å². The Bertz CT molecular complexity index is 916. The van der Waals surface area contributed by atoms with E-state index in [-0.39, 0.29) is 5.56 Å². The number of halogens is 9. The van der Waals surface area contributed by atoms with E-state index in [0.29, 0.717) is 0 Å². The first-order chi connectivity index (χ1) is 13.1. The van der Waals surface area contributed by atoms with E-state index >= 15 is 0 Å². The average Bonchev–Trinajstić information content (AvgIpc) is 2.51. The molecular formula is C13H12F9NO5S2. The van der Waals surface area contributed by atoms with Crippen LogP contribution in [0.15, 0.2) is 24.3 Å². The number of rotatable bonds is 8. The molecule has 0 bridgehead atoms. The maximum absolute atomic E-state index is 13.7. The smallest absolute Gasteiger partial charge is 0.258 e. The number of benzene rings is 1. The molecule has 6 nitrogen and oxygen atoms in total. The highest BCUT2D eigenvalue weighted by Gasteiger charge is 2.86. The molecule has 0 aliphatic rings. The van der Waals surface area contributed by atoms with Gasteiger partial charge in [-0.1, -0.05) is 12.1 Å². The predicted molar refractivity (Wildman–Crippen MR) is 87.1 cm³/mol. The average molecular weight is 497 g/mol. The largest absolute Gasteiger partial charge is 0.460 e. The highest BCUT2D eigenvalue weighted by molar-refractivity contribution is 8.31. The van der Waals surface area contributed by atoms with Crippen LogP contribution in [0.25, 0.3) is 0 Å². The molecule has 0 spiro atoms. The van der Waals surface area contributed by atoms with Crippen LogP contribution in [0.3, 0.4) is 0 Å². The lowest BCUT2D eigenvalue weighted by Crippen LogP contribution is -2.63. The lowest BCUT2D eigenvalue weighted by atomic mass is 10.1. The summed E-state index contributed by atoms with van der Waals surface area (Å²) in [6.07, 6.45) is -5.61. The van der Waals surface area contributed by atoms with E-state index < -0.39 is 60.1 Å². The highest BCUT2D eigenvalue weighted by atomic mass is 32.3. The van der Waals surface area contributed by atoms with Crippen LogP contribution in [-0.2, 0) is 19.5 Å². The summed E-state index contributed by atoms with van der Waals surface area (Å²) in [6, 6.07) is 4.15. The molecule has 0 radical (unpaired) electrons. The molecule has 0 aromatic heterocycles. The third-order valence-electron chi connectivity index (χ3n) is 3.34. The summed E-state index contributed by atoms with van der Waals surface area (Å²) in [5, 5.41) is 3.74. The summed E-state index contributed by atoms with van der Waals surface area (Å²) in [5.41, 5.74) is -0.581. The van der Waals surface area contributed by atoms with Crippen molar-refractivity contribution in [3.05, 3.63) is 39.9 Å². The summed E-state index contributed by atoms with van der Waals surface area (Å²) in [4.78, 5) is 9.84. The van der Waals surface area contributed by atoms with Crippen LogP contribution >= 0.6 is 10.3 Å².